The van der Waals surface area contributed by atoms with Crippen LogP contribution in [0.3, 0.4) is 0 Å². The van der Waals surface area contributed by atoms with Gasteiger partial charge in [-0.1, -0.05) is 0 Å². The second-order valence-electron chi connectivity index (χ2n) is 4.20. The van der Waals surface area contributed by atoms with E-state index in [2.05, 4.69) is 9.79 Å². The second-order valence-corrected chi connectivity index (χ2v) is 5.80. The van der Waals surface area contributed by atoms with Gasteiger partial charge in [-0.25, -0.2) is 0 Å². The summed E-state index contributed by atoms with van der Waals surface area (Å²) < 4.78 is 36.5. The Hall–Kier alpha value is -2.13. The van der Waals surface area contributed by atoms with E-state index in [1.54, 1.807) is 0 Å². The van der Waals surface area contributed by atoms with Gasteiger partial charge in [-0.15, -0.1) is 0 Å². The second kappa shape index (κ2) is 3.68. The minimum atomic E-state index is -4.43. The van der Waals surface area contributed by atoms with Crippen molar-refractivity contribution in [2.45, 2.75) is 11.7 Å². The zero-order chi connectivity index (χ0) is 13.8. The smallest absolute Gasteiger partial charge is 0.272 e. The van der Waals surface area contributed by atoms with E-state index in [4.69, 9.17) is 0 Å². The Morgan fingerprint density at radius 3 is 2.89 bits per heavy atom. The number of aromatic hydroxyl groups is 1. The molecule has 1 aromatic heterocycles. The van der Waals surface area contributed by atoms with Crippen LogP contribution in [0.1, 0.15) is 16.5 Å². The number of phenols is 1. The van der Waals surface area contributed by atoms with Gasteiger partial charge >= 0.3 is 0 Å². The van der Waals surface area contributed by atoms with E-state index >= 15 is 0 Å². The average molecular weight is 284 g/mol. The molecule has 0 fully saturated rings. The minimum Gasteiger partial charge on any atom is -0.508 e. The quantitative estimate of drug-likeness (QED) is 0.564. The lowest BCUT2D eigenvalue weighted by Gasteiger charge is -2.19. The first kappa shape index (κ1) is 11.9. The van der Waals surface area contributed by atoms with Gasteiger partial charge in [0.2, 0.25) is 5.69 Å². The van der Waals surface area contributed by atoms with E-state index in [0.717, 1.165) is 0 Å². The van der Waals surface area contributed by atoms with Gasteiger partial charge in [-0.2, -0.15) is 8.42 Å². The van der Waals surface area contributed by atoms with Gasteiger partial charge in [0.25, 0.3) is 15.8 Å². The van der Waals surface area contributed by atoms with E-state index in [-0.39, 0.29) is 34.0 Å². The molecule has 1 atom stereocenters. The fraction of sp³-hybridized carbons (Fsp3) is 0.200. The van der Waals surface area contributed by atoms with Crippen molar-refractivity contribution in [2.24, 2.45) is 0 Å². The summed E-state index contributed by atoms with van der Waals surface area (Å²) in [7, 11) is -4.43. The third kappa shape index (κ3) is 1.74. The molecule has 0 radical (unpaired) electrons. The molecule has 0 saturated carbocycles. The summed E-state index contributed by atoms with van der Waals surface area (Å²) in [5.74, 6) is -0.144. The first-order chi connectivity index (χ1) is 8.88. The van der Waals surface area contributed by atoms with Crippen molar-refractivity contribution < 1.29 is 27.6 Å². The lowest BCUT2D eigenvalue weighted by molar-refractivity contribution is -0.807. The molecule has 2 N–H and O–H groups in total. The van der Waals surface area contributed by atoms with Gasteiger partial charge in [0.1, 0.15) is 11.0 Å². The molecule has 9 heteroatoms. The molecule has 0 saturated heterocycles. The molecule has 1 unspecified atom stereocenters. The highest BCUT2D eigenvalue weighted by Crippen LogP contribution is 2.41. The van der Waals surface area contributed by atoms with E-state index in [9.17, 15) is 23.3 Å². The third-order valence-electron chi connectivity index (χ3n) is 3.08. The Bertz CT molecular complexity index is 766. The summed E-state index contributed by atoms with van der Waals surface area (Å²) in [6, 6.07) is 3.97. The lowest BCUT2D eigenvalue weighted by Crippen LogP contribution is -2.32. The first-order valence-corrected chi connectivity index (χ1v) is 6.76. The van der Waals surface area contributed by atoms with E-state index < -0.39 is 15.4 Å². The van der Waals surface area contributed by atoms with Crippen LogP contribution < -0.4 is 4.90 Å². The fourth-order valence-corrected chi connectivity index (χ4v) is 3.11. The van der Waals surface area contributed by atoms with Crippen LogP contribution in [0.2, 0.25) is 0 Å². The molecule has 1 heterocycles. The van der Waals surface area contributed by atoms with E-state index in [0.29, 0.717) is 5.56 Å². The molecule has 0 bridgehead atoms. The molecular weight excluding hydrogens is 276 g/mol. The number of rotatable bonds is 1. The number of fused-ring (bicyclic) bond motifs is 3. The van der Waals surface area contributed by atoms with Crippen molar-refractivity contribution in [1.82, 2.24) is 5.16 Å². The zero-order valence-electron chi connectivity index (χ0n) is 9.35. The molecule has 0 spiro atoms. The van der Waals surface area contributed by atoms with Crippen LogP contribution >= 0.6 is 0 Å². The van der Waals surface area contributed by atoms with Crippen molar-refractivity contribution in [2.75, 3.05) is 0 Å². The van der Waals surface area contributed by atoms with Gasteiger partial charge in [0, 0.05) is 17.1 Å². The van der Waals surface area contributed by atoms with Crippen molar-refractivity contribution in [3.05, 3.63) is 34.7 Å². The third-order valence-corrected chi connectivity index (χ3v) is 4.22. The summed E-state index contributed by atoms with van der Waals surface area (Å²) in [5.41, 5.74) is 0.759. The molecule has 0 aliphatic heterocycles. The molecule has 1 aliphatic rings. The molecule has 3 rings (SSSR count). The van der Waals surface area contributed by atoms with Crippen LogP contribution in [0, 0.1) is 5.21 Å². The molecular formula is C10H8N2O6S. The minimum absolute atomic E-state index is 0.0285. The SMILES string of the molecule is O=S(=O)(O)C1Cc2c(no[n+]2[O-])-c2ccc(O)cc21. The number of hydrogen-bond donors (Lipinski definition) is 2. The molecule has 1 aromatic carbocycles. The largest absolute Gasteiger partial charge is 0.508 e. The van der Waals surface area contributed by atoms with Crippen molar-refractivity contribution in [3.63, 3.8) is 0 Å². The van der Waals surface area contributed by atoms with Crippen LogP contribution in [-0.4, -0.2) is 23.2 Å². The maximum atomic E-state index is 11.4. The summed E-state index contributed by atoms with van der Waals surface area (Å²) in [4.78, 5) is 0.114. The number of hydrogen-bond acceptors (Lipinski definition) is 6. The van der Waals surface area contributed by atoms with Crippen LogP contribution in [0.15, 0.2) is 22.8 Å². The number of phenolic OH excluding ortho intramolecular Hbond substituents is 1. The van der Waals surface area contributed by atoms with Crippen LogP contribution in [0.25, 0.3) is 11.3 Å². The summed E-state index contributed by atoms with van der Waals surface area (Å²) in [6.45, 7) is 0. The van der Waals surface area contributed by atoms with Gasteiger partial charge in [-0.05, 0) is 28.7 Å². The Morgan fingerprint density at radius 1 is 1.47 bits per heavy atom. The maximum absolute atomic E-state index is 11.4. The molecule has 2 aromatic rings. The number of nitrogens with zero attached hydrogens (tertiary/aromatic N) is 2. The Kier molecular flexibility index (Phi) is 2.31. The summed E-state index contributed by atoms with van der Waals surface area (Å²) in [5, 5.41) is 23.0. The highest BCUT2D eigenvalue weighted by atomic mass is 32.2. The van der Waals surface area contributed by atoms with Crippen LogP contribution in [-0.2, 0) is 16.5 Å². The van der Waals surface area contributed by atoms with Gasteiger partial charge in [-0.3, -0.25) is 9.18 Å². The van der Waals surface area contributed by atoms with Gasteiger partial charge < -0.3 is 10.3 Å². The number of benzene rings is 1. The molecule has 8 nitrogen and oxygen atoms in total. The highest BCUT2D eigenvalue weighted by molar-refractivity contribution is 7.86. The topological polar surface area (TPSA) is 128 Å². The average Bonchev–Trinajstić information content (AvgIpc) is 2.68. The van der Waals surface area contributed by atoms with Gasteiger partial charge in [0.15, 0.2) is 0 Å². The maximum Gasteiger partial charge on any atom is 0.272 e. The molecule has 0 amide bonds. The predicted octanol–water partition coefficient (Wildman–Crippen LogP) is 0.166. The van der Waals surface area contributed by atoms with Gasteiger partial charge in [0.05, 0.1) is 0 Å². The normalized spacial score (nSPS) is 17.8. The van der Waals surface area contributed by atoms with E-state index in [1.807, 2.05) is 0 Å². The zero-order valence-corrected chi connectivity index (χ0v) is 10.2. The van der Waals surface area contributed by atoms with Crippen molar-refractivity contribution in [3.8, 4) is 17.0 Å². The highest BCUT2D eigenvalue weighted by Gasteiger charge is 2.39. The summed E-state index contributed by atoms with van der Waals surface area (Å²) in [6.07, 6.45) is -0.266. The monoisotopic (exact) mass is 284 g/mol. The Balaban J connectivity index is 2.32. The number of aromatic nitrogens is 2. The fourth-order valence-electron chi connectivity index (χ4n) is 2.23. The van der Waals surface area contributed by atoms with Crippen LogP contribution in [0.4, 0.5) is 0 Å². The standard InChI is InChI=1S/C10H8N2O6S/c13-5-1-2-6-7(3-5)9(19(15,16)17)4-8-10(6)11-18-12(8)14/h1-3,9,13H,4H2,(H,15,16,17). The Labute approximate surface area is 107 Å². The predicted molar refractivity (Wildman–Crippen MR) is 60.6 cm³/mol. The molecule has 100 valence electrons. The van der Waals surface area contributed by atoms with Crippen molar-refractivity contribution >= 4 is 10.1 Å². The lowest BCUT2D eigenvalue weighted by atomic mass is 9.91. The molecule has 19 heavy (non-hydrogen) atoms. The molecule has 1 aliphatic carbocycles. The van der Waals surface area contributed by atoms with E-state index in [1.165, 1.54) is 18.2 Å². The van der Waals surface area contributed by atoms with Crippen molar-refractivity contribution in [1.29, 1.82) is 0 Å². The van der Waals surface area contributed by atoms with Crippen LogP contribution in [0.5, 0.6) is 5.75 Å². The Morgan fingerprint density at radius 2 is 2.21 bits per heavy atom. The first-order valence-electron chi connectivity index (χ1n) is 5.26. The summed E-state index contributed by atoms with van der Waals surface area (Å²) >= 11 is 0.